The first-order chi connectivity index (χ1) is 9.58. The van der Waals surface area contributed by atoms with Crippen LogP contribution >= 0.6 is 0 Å². The van der Waals surface area contributed by atoms with Gasteiger partial charge in [0.05, 0.1) is 11.0 Å². The maximum absolute atomic E-state index is 13.7. The second kappa shape index (κ2) is 5.08. The Hall–Kier alpha value is -1.58. The molecule has 0 aliphatic heterocycles. The van der Waals surface area contributed by atoms with Gasteiger partial charge in [-0.1, -0.05) is 19.3 Å². The predicted molar refractivity (Wildman–Crippen MR) is 80.1 cm³/mol. The topological polar surface area (TPSA) is 43.8 Å². The van der Waals surface area contributed by atoms with Gasteiger partial charge in [-0.2, -0.15) is 0 Å². The molecule has 0 spiro atoms. The highest BCUT2D eigenvalue weighted by Gasteiger charge is 2.24. The van der Waals surface area contributed by atoms with E-state index in [1.165, 1.54) is 38.2 Å². The zero-order chi connectivity index (χ0) is 14.3. The Balaban J connectivity index is 2.05. The molecular weight excluding hydrogens is 253 g/mol. The molecule has 0 amide bonds. The monoisotopic (exact) mass is 275 g/mol. The summed E-state index contributed by atoms with van der Waals surface area (Å²) in [5.41, 5.74) is 8.36. The van der Waals surface area contributed by atoms with Gasteiger partial charge >= 0.3 is 0 Å². The van der Waals surface area contributed by atoms with Gasteiger partial charge in [0, 0.05) is 12.1 Å². The number of hydrogen-bond donors (Lipinski definition) is 1. The Morgan fingerprint density at radius 3 is 2.70 bits per heavy atom. The Morgan fingerprint density at radius 2 is 2.00 bits per heavy atom. The summed E-state index contributed by atoms with van der Waals surface area (Å²) >= 11 is 0. The van der Waals surface area contributed by atoms with Gasteiger partial charge in [0.2, 0.25) is 5.95 Å². The first-order valence-corrected chi connectivity index (χ1v) is 7.51. The Labute approximate surface area is 119 Å². The molecule has 1 atom stereocenters. The lowest BCUT2D eigenvalue weighted by Gasteiger charge is -2.29. The standard InChI is InChI=1S/C16H22FN3/c1-10-8-15-14(9-13(10)17)19-16(18)20(15)11(2)12-6-4-3-5-7-12/h8-9,11-12H,3-7H2,1-2H3,(H2,18,19). The number of anilines is 1. The van der Waals surface area contributed by atoms with Gasteiger partial charge in [-0.3, -0.25) is 0 Å². The van der Waals surface area contributed by atoms with Crippen LogP contribution < -0.4 is 5.73 Å². The summed E-state index contributed by atoms with van der Waals surface area (Å²) in [5, 5.41) is 0. The minimum Gasteiger partial charge on any atom is -0.369 e. The summed E-state index contributed by atoms with van der Waals surface area (Å²) in [6, 6.07) is 3.68. The van der Waals surface area contributed by atoms with E-state index in [1.54, 1.807) is 6.92 Å². The number of aromatic nitrogens is 2. The minimum absolute atomic E-state index is 0.215. The van der Waals surface area contributed by atoms with Crippen molar-refractivity contribution in [2.24, 2.45) is 5.92 Å². The van der Waals surface area contributed by atoms with Gasteiger partial charge in [-0.05, 0) is 44.2 Å². The average molecular weight is 275 g/mol. The van der Waals surface area contributed by atoms with Crippen molar-refractivity contribution in [3.63, 3.8) is 0 Å². The average Bonchev–Trinajstić information content (AvgIpc) is 2.75. The second-order valence-electron chi connectivity index (χ2n) is 6.07. The molecule has 20 heavy (non-hydrogen) atoms. The summed E-state index contributed by atoms with van der Waals surface area (Å²) in [4.78, 5) is 4.33. The lowest BCUT2D eigenvalue weighted by atomic mass is 9.84. The number of imidazole rings is 1. The molecular formula is C16H22FN3. The smallest absolute Gasteiger partial charge is 0.201 e. The normalized spacial score (nSPS) is 18.6. The van der Waals surface area contributed by atoms with E-state index in [-0.39, 0.29) is 5.82 Å². The van der Waals surface area contributed by atoms with Crippen LogP contribution in [-0.4, -0.2) is 9.55 Å². The van der Waals surface area contributed by atoms with E-state index in [2.05, 4.69) is 16.5 Å². The van der Waals surface area contributed by atoms with Crippen molar-refractivity contribution in [2.75, 3.05) is 5.73 Å². The fourth-order valence-corrected chi connectivity index (χ4v) is 3.49. The maximum Gasteiger partial charge on any atom is 0.201 e. The summed E-state index contributed by atoms with van der Waals surface area (Å²) in [6.07, 6.45) is 6.44. The van der Waals surface area contributed by atoms with Crippen LogP contribution in [0, 0.1) is 18.7 Å². The van der Waals surface area contributed by atoms with Gasteiger partial charge in [0.1, 0.15) is 5.82 Å². The molecule has 3 nitrogen and oxygen atoms in total. The lowest BCUT2D eigenvalue weighted by Crippen LogP contribution is -2.20. The first-order valence-electron chi connectivity index (χ1n) is 7.51. The molecule has 0 bridgehead atoms. The number of halogens is 1. The molecule has 4 heteroatoms. The van der Waals surface area contributed by atoms with Gasteiger partial charge in [-0.25, -0.2) is 9.37 Å². The van der Waals surface area contributed by atoms with Crippen molar-refractivity contribution in [2.45, 2.75) is 52.0 Å². The van der Waals surface area contributed by atoms with E-state index in [4.69, 9.17) is 5.73 Å². The summed E-state index contributed by atoms with van der Waals surface area (Å²) in [5.74, 6) is 0.935. The number of rotatable bonds is 2. The van der Waals surface area contributed by atoms with Crippen molar-refractivity contribution in [3.05, 3.63) is 23.5 Å². The largest absolute Gasteiger partial charge is 0.369 e. The number of hydrogen-bond acceptors (Lipinski definition) is 2. The molecule has 1 heterocycles. The highest BCUT2D eigenvalue weighted by Crippen LogP contribution is 2.36. The fraction of sp³-hybridized carbons (Fsp3) is 0.562. The van der Waals surface area contributed by atoms with E-state index in [1.807, 2.05) is 6.07 Å². The minimum atomic E-state index is -0.215. The van der Waals surface area contributed by atoms with Gasteiger partial charge in [0.25, 0.3) is 0 Å². The van der Waals surface area contributed by atoms with Crippen LogP contribution in [0.3, 0.4) is 0 Å². The van der Waals surface area contributed by atoms with E-state index in [0.29, 0.717) is 29.0 Å². The SMILES string of the molecule is Cc1cc2c(cc1F)nc(N)n2C(C)C1CCCCC1. The molecule has 1 saturated carbocycles. The third kappa shape index (κ3) is 2.17. The zero-order valence-electron chi connectivity index (χ0n) is 12.2. The van der Waals surface area contributed by atoms with Crippen LogP contribution in [0.15, 0.2) is 12.1 Å². The maximum atomic E-state index is 13.7. The van der Waals surface area contributed by atoms with Crippen LogP contribution in [0.25, 0.3) is 11.0 Å². The second-order valence-corrected chi connectivity index (χ2v) is 6.07. The third-order valence-corrected chi connectivity index (χ3v) is 4.74. The van der Waals surface area contributed by atoms with Gasteiger partial charge in [0.15, 0.2) is 0 Å². The van der Waals surface area contributed by atoms with Gasteiger partial charge < -0.3 is 10.3 Å². The number of benzene rings is 1. The predicted octanol–water partition coefficient (Wildman–Crippen LogP) is 4.21. The molecule has 3 rings (SSSR count). The van der Waals surface area contributed by atoms with Crippen molar-refractivity contribution >= 4 is 17.0 Å². The van der Waals surface area contributed by atoms with E-state index < -0.39 is 0 Å². The summed E-state index contributed by atoms with van der Waals surface area (Å²) < 4.78 is 15.8. The van der Waals surface area contributed by atoms with E-state index in [0.717, 1.165) is 5.52 Å². The molecule has 1 aliphatic rings. The summed E-state index contributed by atoms with van der Waals surface area (Å²) in [7, 11) is 0. The van der Waals surface area contributed by atoms with Crippen LogP contribution in [0.2, 0.25) is 0 Å². The summed E-state index contributed by atoms with van der Waals surface area (Å²) in [6.45, 7) is 4.00. The molecule has 0 radical (unpaired) electrons. The molecule has 1 fully saturated rings. The molecule has 1 aromatic carbocycles. The quantitative estimate of drug-likeness (QED) is 0.892. The molecule has 0 saturated heterocycles. The van der Waals surface area contributed by atoms with Crippen molar-refractivity contribution in [3.8, 4) is 0 Å². The number of nitrogens with two attached hydrogens (primary N) is 1. The number of fused-ring (bicyclic) bond motifs is 1. The third-order valence-electron chi connectivity index (χ3n) is 4.74. The number of aryl methyl sites for hydroxylation is 1. The van der Waals surface area contributed by atoms with Crippen molar-refractivity contribution in [1.29, 1.82) is 0 Å². The van der Waals surface area contributed by atoms with Crippen molar-refractivity contribution < 1.29 is 4.39 Å². The Kier molecular flexibility index (Phi) is 3.40. The van der Waals surface area contributed by atoms with Crippen LogP contribution in [0.5, 0.6) is 0 Å². The molecule has 2 aromatic rings. The molecule has 108 valence electrons. The Morgan fingerprint density at radius 1 is 1.30 bits per heavy atom. The molecule has 1 unspecified atom stereocenters. The Bertz CT molecular complexity index is 626. The zero-order valence-corrected chi connectivity index (χ0v) is 12.2. The highest BCUT2D eigenvalue weighted by atomic mass is 19.1. The van der Waals surface area contributed by atoms with Crippen molar-refractivity contribution in [1.82, 2.24) is 9.55 Å². The van der Waals surface area contributed by atoms with Gasteiger partial charge in [-0.15, -0.1) is 0 Å². The van der Waals surface area contributed by atoms with E-state index >= 15 is 0 Å². The number of nitrogen functional groups attached to an aromatic ring is 1. The first kappa shape index (κ1) is 13.4. The lowest BCUT2D eigenvalue weighted by molar-refractivity contribution is 0.269. The van der Waals surface area contributed by atoms with Crippen LogP contribution in [0.4, 0.5) is 10.3 Å². The fourth-order valence-electron chi connectivity index (χ4n) is 3.49. The van der Waals surface area contributed by atoms with Crippen LogP contribution in [0.1, 0.15) is 50.6 Å². The van der Waals surface area contributed by atoms with Crippen LogP contribution in [-0.2, 0) is 0 Å². The molecule has 2 N–H and O–H groups in total. The van der Waals surface area contributed by atoms with E-state index in [9.17, 15) is 4.39 Å². The highest BCUT2D eigenvalue weighted by molar-refractivity contribution is 5.79. The molecule has 1 aromatic heterocycles. The molecule has 1 aliphatic carbocycles. The number of nitrogens with zero attached hydrogens (tertiary/aromatic N) is 2.